The van der Waals surface area contributed by atoms with Gasteiger partial charge in [0.25, 0.3) is 0 Å². The summed E-state index contributed by atoms with van der Waals surface area (Å²) in [5, 5.41) is 21.9. The molecule has 0 radical (unpaired) electrons. The van der Waals surface area contributed by atoms with Crippen LogP contribution in [0.25, 0.3) is 0 Å². The van der Waals surface area contributed by atoms with Crippen molar-refractivity contribution >= 4 is 5.91 Å². The lowest BCUT2D eigenvalue weighted by Gasteiger charge is -2.25. The molecule has 8 nitrogen and oxygen atoms in total. The molecule has 0 unspecified atom stereocenters. The van der Waals surface area contributed by atoms with Crippen molar-refractivity contribution in [3.8, 4) is 12.1 Å². The van der Waals surface area contributed by atoms with Crippen molar-refractivity contribution in [2.24, 2.45) is 0 Å². The number of nitriles is 2. The number of nitrogens with zero attached hydrogens (tertiary/aromatic N) is 7. The molecule has 1 saturated heterocycles. The van der Waals surface area contributed by atoms with Gasteiger partial charge >= 0.3 is 0 Å². The number of hydrogen-bond donors (Lipinski definition) is 0. The van der Waals surface area contributed by atoms with Gasteiger partial charge in [-0.1, -0.05) is 0 Å². The Bertz CT molecular complexity index is 638. The van der Waals surface area contributed by atoms with Crippen LogP contribution >= 0.6 is 0 Å². The summed E-state index contributed by atoms with van der Waals surface area (Å²) in [5.74, 6) is 1.54. The van der Waals surface area contributed by atoms with Crippen molar-refractivity contribution < 1.29 is 4.79 Å². The molecule has 8 heteroatoms. The maximum Gasteiger partial charge on any atom is 0.225 e. The summed E-state index contributed by atoms with van der Waals surface area (Å²) in [7, 11) is 0. The van der Waals surface area contributed by atoms with Crippen molar-refractivity contribution in [1.82, 2.24) is 24.6 Å². The fourth-order valence-corrected chi connectivity index (χ4v) is 3.13. The van der Waals surface area contributed by atoms with Crippen LogP contribution in [0.5, 0.6) is 0 Å². The molecule has 0 spiro atoms. The van der Waals surface area contributed by atoms with Crippen LogP contribution in [0.1, 0.15) is 30.9 Å². The number of aromatic nitrogens is 3. The van der Waals surface area contributed by atoms with Crippen molar-refractivity contribution in [1.29, 1.82) is 10.5 Å². The molecule has 1 atom stereocenters. The quantitative estimate of drug-likeness (QED) is 0.680. The number of carbonyl (C=O) groups excluding carboxylic acids is 1. The van der Waals surface area contributed by atoms with Gasteiger partial charge in [0.05, 0.1) is 18.7 Å². The zero-order valence-electron chi connectivity index (χ0n) is 14.3. The van der Waals surface area contributed by atoms with Crippen LogP contribution in [-0.2, 0) is 11.3 Å². The topological polar surface area (TPSA) is 102 Å². The largest absolute Gasteiger partial charge is 0.316 e. The third kappa shape index (κ3) is 4.53. The highest BCUT2D eigenvalue weighted by Gasteiger charge is 2.26. The molecular weight excluding hydrogens is 306 g/mol. The minimum atomic E-state index is -0.142. The number of rotatable bonds is 7. The van der Waals surface area contributed by atoms with Crippen LogP contribution in [0.3, 0.4) is 0 Å². The van der Waals surface area contributed by atoms with Crippen LogP contribution in [0.15, 0.2) is 0 Å². The van der Waals surface area contributed by atoms with E-state index in [0.717, 1.165) is 37.6 Å². The third-order valence-corrected chi connectivity index (χ3v) is 4.33. The Kier molecular flexibility index (Phi) is 6.28. The van der Waals surface area contributed by atoms with E-state index >= 15 is 0 Å². The Morgan fingerprint density at radius 1 is 1.33 bits per heavy atom. The predicted octanol–water partition coefficient (Wildman–Crippen LogP) is 0.625. The average molecular weight is 329 g/mol. The summed E-state index contributed by atoms with van der Waals surface area (Å²) in [6.07, 6.45) is 2.51. The van der Waals surface area contributed by atoms with Gasteiger partial charge in [-0.25, -0.2) is 9.67 Å². The van der Waals surface area contributed by atoms with Gasteiger partial charge in [-0.15, -0.1) is 0 Å². The lowest BCUT2D eigenvalue weighted by molar-refractivity contribution is -0.130. The minimum absolute atomic E-state index is 0.0345. The van der Waals surface area contributed by atoms with Crippen LogP contribution in [-0.4, -0.2) is 62.7 Å². The number of amides is 1. The Hall–Kier alpha value is -2.45. The van der Waals surface area contributed by atoms with Crippen molar-refractivity contribution in [3.05, 3.63) is 11.6 Å². The van der Waals surface area contributed by atoms with Crippen LogP contribution in [0, 0.1) is 36.5 Å². The molecule has 1 aromatic rings. The highest BCUT2D eigenvalue weighted by molar-refractivity contribution is 5.76. The third-order valence-electron chi connectivity index (χ3n) is 4.33. The van der Waals surface area contributed by atoms with Crippen molar-refractivity contribution in [2.45, 2.75) is 45.7 Å². The number of aryl methyl sites for hydroxylation is 2. The molecule has 1 amide bonds. The van der Waals surface area contributed by atoms with Gasteiger partial charge in [0.2, 0.25) is 5.91 Å². The van der Waals surface area contributed by atoms with E-state index in [4.69, 9.17) is 10.5 Å². The Labute approximate surface area is 142 Å². The molecule has 1 aliphatic heterocycles. The molecule has 128 valence electrons. The smallest absolute Gasteiger partial charge is 0.225 e. The molecule has 0 aromatic carbocycles. The fourth-order valence-electron chi connectivity index (χ4n) is 3.13. The second-order valence-corrected chi connectivity index (χ2v) is 6.04. The number of hydrogen-bond acceptors (Lipinski definition) is 6. The molecule has 0 saturated carbocycles. The maximum atomic E-state index is 12.2. The van der Waals surface area contributed by atoms with Crippen molar-refractivity contribution in [2.75, 3.05) is 26.2 Å². The summed E-state index contributed by atoms with van der Waals surface area (Å²) >= 11 is 0. The van der Waals surface area contributed by atoms with Gasteiger partial charge in [0.15, 0.2) is 0 Å². The van der Waals surface area contributed by atoms with Gasteiger partial charge in [0, 0.05) is 19.0 Å². The maximum absolute atomic E-state index is 12.2. The summed E-state index contributed by atoms with van der Waals surface area (Å²) in [4.78, 5) is 20.1. The molecular formula is C16H23N7O. The number of carbonyl (C=O) groups is 1. The summed E-state index contributed by atoms with van der Waals surface area (Å²) in [6.45, 7) is 6.14. The molecule has 0 N–H and O–H groups in total. The average Bonchev–Trinajstić information content (AvgIpc) is 3.11. The summed E-state index contributed by atoms with van der Waals surface area (Å²) in [5.41, 5.74) is 0. The number of likely N-dealkylation sites (tertiary alicyclic amines) is 1. The molecule has 0 bridgehead atoms. The summed E-state index contributed by atoms with van der Waals surface area (Å²) in [6, 6.07) is 4.21. The molecule has 1 fully saturated rings. The fraction of sp³-hybridized carbons (Fsp3) is 0.688. The van der Waals surface area contributed by atoms with E-state index in [1.165, 1.54) is 4.90 Å². The lowest BCUT2D eigenvalue weighted by atomic mass is 10.2. The highest BCUT2D eigenvalue weighted by atomic mass is 16.2. The van der Waals surface area contributed by atoms with Crippen LogP contribution in [0.2, 0.25) is 0 Å². The van der Waals surface area contributed by atoms with Crippen LogP contribution < -0.4 is 0 Å². The van der Waals surface area contributed by atoms with E-state index in [1.807, 2.05) is 30.7 Å². The Balaban J connectivity index is 1.89. The Morgan fingerprint density at radius 2 is 2.04 bits per heavy atom. The van der Waals surface area contributed by atoms with E-state index in [2.05, 4.69) is 15.0 Å². The Morgan fingerprint density at radius 3 is 2.62 bits per heavy atom. The first-order valence-corrected chi connectivity index (χ1v) is 8.19. The van der Waals surface area contributed by atoms with E-state index in [9.17, 15) is 4.79 Å². The SMILES string of the molecule is Cc1nc(C)n(C[C@@H]2CCCN2CCC(=O)N(CC#N)CC#N)n1. The minimum Gasteiger partial charge on any atom is -0.316 e. The second-order valence-electron chi connectivity index (χ2n) is 6.04. The second kappa shape index (κ2) is 8.42. The van der Waals surface area contributed by atoms with E-state index in [-0.39, 0.29) is 19.0 Å². The predicted molar refractivity (Wildman–Crippen MR) is 86.5 cm³/mol. The zero-order chi connectivity index (χ0) is 17.5. The van der Waals surface area contributed by atoms with Gasteiger partial charge in [-0.3, -0.25) is 9.69 Å². The summed E-state index contributed by atoms with van der Waals surface area (Å²) < 4.78 is 1.93. The van der Waals surface area contributed by atoms with Crippen LogP contribution in [0.4, 0.5) is 0 Å². The van der Waals surface area contributed by atoms with Gasteiger partial charge < -0.3 is 4.90 Å². The van der Waals surface area contributed by atoms with E-state index < -0.39 is 0 Å². The van der Waals surface area contributed by atoms with E-state index in [0.29, 0.717) is 19.0 Å². The van der Waals surface area contributed by atoms with Gasteiger partial charge in [-0.2, -0.15) is 15.6 Å². The van der Waals surface area contributed by atoms with Gasteiger partial charge in [-0.05, 0) is 33.2 Å². The molecule has 1 aliphatic rings. The molecule has 1 aromatic heterocycles. The van der Waals surface area contributed by atoms with Crippen molar-refractivity contribution in [3.63, 3.8) is 0 Å². The van der Waals surface area contributed by atoms with E-state index in [1.54, 1.807) is 0 Å². The molecule has 2 heterocycles. The first kappa shape index (κ1) is 17.9. The molecule has 2 rings (SSSR count). The lowest BCUT2D eigenvalue weighted by Crippen LogP contribution is -2.38. The molecule has 0 aliphatic carbocycles. The zero-order valence-corrected chi connectivity index (χ0v) is 14.3. The monoisotopic (exact) mass is 329 g/mol. The molecule has 24 heavy (non-hydrogen) atoms. The van der Waals surface area contributed by atoms with Gasteiger partial charge in [0.1, 0.15) is 24.7 Å². The first-order chi connectivity index (χ1) is 11.5. The normalized spacial score (nSPS) is 17.4. The first-order valence-electron chi connectivity index (χ1n) is 8.19. The standard InChI is InChI=1S/C16H23N7O/c1-13-19-14(2)23(20-13)12-15-4-3-8-21(15)9-5-16(24)22(10-6-17)11-7-18/h15H,3-5,8-12H2,1-2H3/t15-/m0/s1. The highest BCUT2D eigenvalue weighted by Crippen LogP contribution is 2.19.